The molecule has 0 spiro atoms. The van der Waals surface area contributed by atoms with E-state index in [1.54, 1.807) is 7.11 Å². The van der Waals surface area contributed by atoms with Gasteiger partial charge in [-0.15, -0.1) is 0 Å². The van der Waals surface area contributed by atoms with Gasteiger partial charge in [-0.1, -0.05) is 0 Å². The molecule has 21 heavy (non-hydrogen) atoms. The second-order valence-electron chi connectivity index (χ2n) is 4.20. The maximum Gasteiger partial charge on any atom is 0.416 e. The number of rotatable bonds is 7. The summed E-state index contributed by atoms with van der Waals surface area (Å²) < 4.78 is 41.9. The molecule has 0 atom stereocenters. The number of ether oxygens (including phenoxy) is 1. The Balaban J connectivity index is 2.28. The average Bonchev–Trinajstić information content (AvgIpc) is 2.42. The van der Waals surface area contributed by atoms with E-state index in [1.165, 1.54) is 12.1 Å². The zero-order valence-corrected chi connectivity index (χ0v) is 11.6. The number of nitrogens with one attached hydrogen (secondary N) is 3. The highest BCUT2D eigenvalue weighted by atomic mass is 19.4. The van der Waals surface area contributed by atoms with Gasteiger partial charge in [0.15, 0.2) is 0 Å². The smallest absolute Gasteiger partial charge is 0.383 e. The van der Waals surface area contributed by atoms with Crippen LogP contribution >= 0.6 is 0 Å². The lowest BCUT2D eigenvalue weighted by molar-refractivity contribution is -0.137. The maximum atomic E-state index is 12.4. The lowest BCUT2D eigenvalue weighted by Gasteiger charge is -2.10. The van der Waals surface area contributed by atoms with Crippen LogP contribution in [0.3, 0.4) is 0 Å². The van der Waals surface area contributed by atoms with Crippen molar-refractivity contribution in [3.63, 3.8) is 0 Å². The highest BCUT2D eigenvalue weighted by molar-refractivity contribution is 5.89. The van der Waals surface area contributed by atoms with Crippen LogP contribution in [0.15, 0.2) is 24.3 Å². The van der Waals surface area contributed by atoms with E-state index in [9.17, 15) is 18.0 Å². The fourth-order valence-electron chi connectivity index (χ4n) is 1.48. The molecule has 1 aromatic carbocycles. The van der Waals surface area contributed by atoms with Crippen molar-refractivity contribution in [2.75, 3.05) is 38.7 Å². The number of halogens is 3. The van der Waals surface area contributed by atoms with E-state index in [4.69, 9.17) is 4.74 Å². The van der Waals surface area contributed by atoms with Gasteiger partial charge in [-0.05, 0) is 24.3 Å². The molecular formula is C13H18F3N3O2. The zero-order chi connectivity index (χ0) is 15.7. The number of methoxy groups -OCH3 is 1. The molecule has 0 radical (unpaired) electrons. The number of anilines is 1. The van der Waals surface area contributed by atoms with Gasteiger partial charge in [0.2, 0.25) is 0 Å². The third kappa shape index (κ3) is 6.96. The summed E-state index contributed by atoms with van der Waals surface area (Å²) in [5.74, 6) is 0. The first-order valence-electron chi connectivity index (χ1n) is 6.35. The maximum absolute atomic E-state index is 12.4. The molecule has 0 heterocycles. The van der Waals surface area contributed by atoms with Crippen LogP contribution in [0.1, 0.15) is 5.56 Å². The number of alkyl halides is 3. The Hall–Kier alpha value is -1.80. The SMILES string of the molecule is COCCNCCNC(=O)Nc1ccc(C(F)(F)F)cc1. The van der Waals surface area contributed by atoms with Gasteiger partial charge in [0.1, 0.15) is 0 Å². The summed E-state index contributed by atoms with van der Waals surface area (Å²) in [5, 5.41) is 8.07. The number of amides is 2. The molecule has 0 bridgehead atoms. The Morgan fingerprint density at radius 1 is 1.14 bits per heavy atom. The van der Waals surface area contributed by atoms with Crippen molar-refractivity contribution in [2.45, 2.75) is 6.18 Å². The van der Waals surface area contributed by atoms with Gasteiger partial charge in [-0.25, -0.2) is 4.79 Å². The molecule has 1 rings (SSSR count). The molecule has 0 aliphatic heterocycles. The van der Waals surface area contributed by atoms with Gasteiger partial charge < -0.3 is 20.7 Å². The molecule has 2 amide bonds. The molecule has 0 fully saturated rings. The van der Waals surface area contributed by atoms with Crippen LogP contribution in [0, 0.1) is 0 Å². The number of hydrogen-bond acceptors (Lipinski definition) is 3. The lowest BCUT2D eigenvalue weighted by atomic mass is 10.2. The molecule has 0 aliphatic carbocycles. The van der Waals surface area contributed by atoms with Crippen LogP contribution in [0.5, 0.6) is 0 Å². The number of benzene rings is 1. The highest BCUT2D eigenvalue weighted by Crippen LogP contribution is 2.29. The second kappa shape index (κ2) is 8.48. The minimum absolute atomic E-state index is 0.299. The molecule has 1 aromatic rings. The van der Waals surface area contributed by atoms with E-state index in [2.05, 4.69) is 16.0 Å². The van der Waals surface area contributed by atoms with Crippen molar-refractivity contribution >= 4 is 11.7 Å². The first-order valence-corrected chi connectivity index (χ1v) is 6.35. The molecule has 0 unspecified atom stereocenters. The predicted molar refractivity (Wildman–Crippen MR) is 73.2 cm³/mol. The summed E-state index contributed by atoms with van der Waals surface area (Å²) in [6.07, 6.45) is -4.38. The van der Waals surface area contributed by atoms with E-state index < -0.39 is 17.8 Å². The van der Waals surface area contributed by atoms with E-state index in [-0.39, 0.29) is 0 Å². The Morgan fingerprint density at radius 3 is 2.38 bits per heavy atom. The van der Waals surface area contributed by atoms with E-state index in [0.717, 1.165) is 12.1 Å². The second-order valence-corrected chi connectivity index (χ2v) is 4.20. The quantitative estimate of drug-likeness (QED) is 0.676. The average molecular weight is 305 g/mol. The Bertz CT molecular complexity index is 435. The van der Waals surface area contributed by atoms with Gasteiger partial charge in [-0.2, -0.15) is 13.2 Å². The molecule has 118 valence electrons. The molecule has 0 aromatic heterocycles. The monoisotopic (exact) mass is 305 g/mol. The van der Waals surface area contributed by atoms with Crippen LogP contribution in [0.2, 0.25) is 0 Å². The van der Waals surface area contributed by atoms with Crippen molar-refractivity contribution in [3.8, 4) is 0 Å². The van der Waals surface area contributed by atoms with Crippen molar-refractivity contribution in [3.05, 3.63) is 29.8 Å². The standard InChI is InChI=1S/C13H18F3N3O2/c1-21-9-8-17-6-7-18-12(20)19-11-4-2-10(3-5-11)13(14,15)16/h2-5,17H,6-9H2,1H3,(H2,18,19,20). The van der Waals surface area contributed by atoms with Crippen molar-refractivity contribution in [1.82, 2.24) is 10.6 Å². The normalized spacial score (nSPS) is 11.2. The molecule has 0 saturated carbocycles. The van der Waals surface area contributed by atoms with E-state index in [0.29, 0.717) is 31.9 Å². The minimum Gasteiger partial charge on any atom is -0.383 e. The van der Waals surface area contributed by atoms with Crippen LogP contribution in [0.4, 0.5) is 23.7 Å². The van der Waals surface area contributed by atoms with Crippen molar-refractivity contribution in [2.24, 2.45) is 0 Å². The fraction of sp³-hybridized carbons (Fsp3) is 0.462. The van der Waals surface area contributed by atoms with Crippen LogP contribution in [-0.4, -0.2) is 39.4 Å². The lowest BCUT2D eigenvalue weighted by Crippen LogP contribution is -2.35. The van der Waals surface area contributed by atoms with Gasteiger partial charge in [0.25, 0.3) is 0 Å². The summed E-state index contributed by atoms with van der Waals surface area (Å²) >= 11 is 0. The third-order valence-electron chi connectivity index (χ3n) is 2.54. The Kier molecular flexibility index (Phi) is 6.97. The zero-order valence-electron chi connectivity index (χ0n) is 11.6. The fourth-order valence-corrected chi connectivity index (χ4v) is 1.48. The molecular weight excluding hydrogens is 287 g/mol. The van der Waals surface area contributed by atoms with E-state index >= 15 is 0 Å². The summed E-state index contributed by atoms with van der Waals surface area (Å²) in [6, 6.07) is 3.78. The molecule has 0 saturated heterocycles. The minimum atomic E-state index is -4.38. The first-order chi connectivity index (χ1) is 9.93. The number of urea groups is 1. The Labute approximate surface area is 120 Å². The van der Waals surface area contributed by atoms with Crippen molar-refractivity contribution < 1.29 is 22.7 Å². The summed E-state index contributed by atoms with van der Waals surface area (Å²) in [7, 11) is 1.59. The topological polar surface area (TPSA) is 62.4 Å². The van der Waals surface area contributed by atoms with Gasteiger partial charge in [-0.3, -0.25) is 0 Å². The van der Waals surface area contributed by atoms with Gasteiger partial charge >= 0.3 is 12.2 Å². The van der Waals surface area contributed by atoms with Crippen molar-refractivity contribution in [1.29, 1.82) is 0 Å². The predicted octanol–water partition coefficient (Wildman–Crippen LogP) is 2.06. The highest BCUT2D eigenvalue weighted by Gasteiger charge is 2.29. The molecule has 3 N–H and O–H groups in total. The van der Waals surface area contributed by atoms with Crippen LogP contribution in [0.25, 0.3) is 0 Å². The van der Waals surface area contributed by atoms with Crippen LogP contribution in [-0.2, 0) is 10.9 Å². The van der Waals surface area contributed by atoms with Crippen LogP contribution < -0.4 is 16.0 Å². The summed E-state index contributed by atoms with van der Waals surface area (Å²) in [6.45, 7) is 2.23. The number of carbonyl (C=O) groups excluding carboxylic acids is 1. The molecule has 8 heteroatoms. The number of carbonyl (C=O) groups is 1. The Morgan fingerprint density at radius 2 is 1.81 bits per heavy atom. The first kappa shape index (κ1) is 17.3. The van der Waals surface area contributed by atoms with Gasteiger partial charge in [0.05, 0.1) is 12.2 Å². The van der Waals surface area contributed by atoms with Gasteiger partial charge in [0, 0.05) is 32.4 Å². The molecule has 0 aliphatic rings. The van der Waals surface area contributed by atoms with E-state index in [1.807, 2.05) is 0 Å². The largest absolute Gasteiger partial charge is 0.416 e. The third-order valence-corrected chi connectivity index (χ3v) is 2.54. The summed E-state index contributed by atoms with van der Waals surface area (Å²) in [4.78, 5) is 11.5. The number of hydrogen-bond donors (Lipinski definition) is 3. The molecule has 5 nitrogen and oxygen atoms in total. The summed E-state index contributed by atoms with van der Waals surface area (Å²) in [5.41, 5.74) is -0.455.